The Morgan fingerprint density at radius 3 is 2.70 bits per heavy atom. The van der Waals surface area contributed by atoms with Gasteiger partial charge in [-0.15, -0.1) is 0 Å². The molecule has 110 valence electrons. The minimum Gasteiger partial charge on any atom is -0.336 e. The van der Waals surface area contributed by atoms with Crippen LogP contribution >= 0.6 is 0 Å². The Morgan fingerprint density at radius 1 is 1.45 bits per heavy atom. The van der Waals surface area contributed by atoms with Crippen molar-refractivity contribution in [1.82, 2.24) is 14.8 Å². The normalized spacial score (nSPS) is 18.1. The summed E-state index contributed by atoms with van der Waals surface area (Å²) in [4.78, 5) is 19.9. The second kappa shape index (κ2) is 6.76. The van der Waals surface area contributed by atoms with Gasteiger partial charge >= 0.3 is 0 Å². The van der Waals surface area contributed by atoms with E-state index >= 15 is 0 Å². The van der Waals surface area contributed by atoms with E-state index < -0.39 is 5.82 Å². The van der Waals surface area contributed by atoms with Crippen LogP contribution in [0.4, 0.5) is 4.39 Å². The lowest BCUT2D eigenvalue weighted by Gasteiger charge is -2.38. The van der Waals surface area contributed by atoms with Gasteiger partial charge in [0.15, 0.2) is 5.82 Å². The van der Waals surface area contributed by atoms with Crippen LogP contribution in [0.25, 0.3) is 0 Å². The summed E-state index contributed by atoms with van der Waals surface area (Å²) in [6, 6.07) is 1.79. The lowest BCUT2D eigenvalue weighted by atomic mass is 10.1. The number of pyridine rings is 1. The fraction of sp³-hybridized carbons (Fsp3) is 0.571. The van der Waals surface area contributed by atoms with Crippen LogP contribution in [-0.2, 0) is 0 Å². The Morgan fingerprint density at radius 2 is 2.15 bits per heavy atom. The van der Waals surface area contributed by atoms with Crippen molar-refractivity contribution in [3.05, 3.63) is 29.8 Å². The van der Waals surface area contributed by atoms with Gasteiger partial charge in [-0.25, -0.2) is 4.39 Å². The van der Waals surface area contributed by atoms with E-state index in [4.69, 9.17) is 5.73 Å². The summed E-state index contributed by atoms with van der Waals surface area (Å²) in [6.07, 6.45) is 3.52. The quantitative estimate of drug-likeness (QED) is 0.882. The fourth-order valence-electron chi connectivity index (χ4n) is 2.58. The number of rotatable bonds is 4. The van der Waals surface area contributed by atoms with Crippen molar-refractivity contribution in [1.29, 1.82) is 0 Å². The summed E-state index contributed by atoms with van der Waals surface area (Å²) in [5.74, 6) is -0.821. The molecule has 0 radical (unpaired) electrons. The lowest BCUT2D eigenvalue weighted by Crippen LogP contribution is -2.53. The molecule has 1 aliphatic rings. The molecule has 2 heterocycles. The number of carbonyl (C=O) groups excluding carboxylic acids is 1. The molecule has 1 aromatic rings. The van der Waals surface area contributed by atoms with E-state index in [1.165, 1.54) is 12.3 Å². The molecule has 5 nitrogen and oxygen atoms in total. The molecule has 1 amide bonds. The maximum absolute atomic E-state index is 13.6. The molecule has 1 saturated heterocycles. The number of nitrogens with zero attached hydrogens (tertiary/aromatic N) is 3. The van der Waals surface area contributed by atoms with Gasteiger partial charge in [-0.2, -0.15) is 0 Å². The Labute approximate surface area is 118 Å². The van der Waals surface area contributed by atoms with Crippen molar-refractivity contribution in [2.24, 2.45) is 5.73 Å². The molecule has 1 atom stereocenters. The van der Waals surface area contributed by atoms with Crippen molar-refractivity contribution < 1.29 is 9.18 Å². The zero-order valence-electron chi connectivity index (χ0n) is 11.8. The number of nitrogens with two attached hydrogens (primary N) is 1. The van der Waals surface area contributed by atoms with Gasteiger partial charge in [0.05, 0.1) is 11.8 Å². The molecule has 0 spiro atoms. The molecule has 1 aliphatic heterocycles. The first-order chi connectivity index (χ1) is 9.67. The fourth-order valence-corrected chi connectivity index (χ4v) is 2.58. The first-order valence-electron chi connectivity index (χ1n) is 7.00. The molecule has 1 unspecified atom stereocenters. The zero-order valence-corrected chi connectivity index (χ0v) is 11.8. The van der Waals surface area contributed by atoms with Gasteiger partial charge in [0.2, 0.25) is 0 Å². The molecule has 2 N–H and O–H groups in total. The summed E-state index contributed by atoms with van der Waals surface area (Å²) in [5.41, 5.74) is 5.84. The number of aromatic nitrogens is 1. The van der Waals surface area contributed by atoms with Gasteiger partial charge in [0, 0.05) is 45.0 Å². The summed E-state index contributed by atoms with van der Waals surface area (Å²) < 4.78 is 13.6. The van der Waals surface area contributed by atoms with Crippen molar-refractivity contribution >= 4 is 5.91 Å². The minimum absolute atomic E-state index is 0.0966. The number of amides is 1. The molecule has 0 aromatic carbocycles. The Kier molecular flexibility index (Phi) is 5.03. The zero-order chi connectivity index (χ0) is 14.5. The van der Waals surface area contributed by atoms with Crippen molar-refractivity contribution in [3.8, 4) is 0 Å². The molecule has 1 aromatic heterocycles. The van der Waals surface area contributed by atoms with Gasteiger partial charge in [-0.05, 0) is 12.5 Å². The minimum atomic E-state index is -0.562. The number of piperazine rings is 1. The predicted molar refractivity (Wildman–Crippen MR) is 74.8 cm³/mol. The van der Waals surface area contributed by atoms with E-state index in [0.29, 0.717) is 25.7 Å². The average Bonchev–Trinajstić information content (AvgIpc) is 2.49. The maximum Gasteiger partial charge on any atom is 0.257 e. The smallest absolute Gasteiger partial charge is 0.257 e. The van der Waals surface area contributed by atoms with Crippen LogP contribution in [0.2, 0.25) is 0 Å². The van der Waals surface area contributed by atoms with Gasteiger partial charge in [0.1, 0.15) is 0 Å². The number of carbonyl (C=O) groups is 1. The number of hydrogen-bond acceptors (Lipinski definition) is 4. The SMILES string of the molecule is CCC(CN)N1CCN(C(=O)c2ccncc2F)CC1. The van der Waals surface area contributed by atoms with E-state index in [-0.39, 0.29) is 11.5 Å². The van der Waals surface area contributed by atoms with Crippen LogP contribution in [-0.4, -0.2) is 59.5 Å². The predicted octanol–water partition coefficient (Wildman–Crippen LogP) is 0.716. The van der Waals surface area contributed by atoms with Gasteiger partial charge in [-0.1, -0.05) is 6.92 Å². The van der Waals surface area contributed by atoms with Crippen LogP contribution in [0.15, 0.2) is 18.5 Å². The van der Waals surface area contributed by atoms with Gasteiger partial charge in [-0.3, -0.25) is 14.7 Å². The molecule has 0 saturated carbocycles. The van der Waals surface area contributed by atoms with Crippen LogP contribution in [0.3, 0.4) is 0 Å². The molecule has 2 rings (SSSR count). The number of hydrogen-bond donors (Lipinski definition) is 1. The topological polar surface area (TPSA) is 62.5 Å². The average molecular weight is 280 g/mol. The standard InChI is InChI=1S/C14H21FN4O/c1-2-11(9-16)18-5-7-19(8-6-18)14(20)12-3-4-17-10-13(12)15/h3-4,10-11H,2,5-9,16H2,1H3. The second-order valence-electron chi connectivity index (χ2n) is 4.98. The highest BCUT2D eigenvalue weighted by molar-refractivity contribution is 5.94. The third-order valence-corrected chi connectivity index (χ3v) is 3.86. The molecule has 0 bridgehead atoms. The van der Waals surface area contributed by atoms with E-state index in [0.717, 1.165) is 25.7 Å². The molecule has 6 heteroatoms. The third-order valence-electron chi connectivity index (χ3n) is 3.86. The Hall–Kier alpha value is -1.53. The highest BCUT2D eigenvalue weighted by atomic mass is 19.1. The van der Waals surface area contributed by atoms with Crippen LogP contribution in [0.5, 0.6) is 0 Å². The monoisotopic (exact) mass is 280 g/mol. The van der Waals surface area contributed by atoms with E-state index in [1.807, 2.05) is 0 Å². The maximum atomic E-state index is 13.6. The molecular weight excluding hydrogens is 259 g/mol. The first kappa shape index (κ1) is 14.9. The first-order valence-corrected chi connectivity index (χ1v) is 7.00. The third kappa shape index (κ3) is 3.13. The largest absolute Gasteiger partial charge is 0.336 e. The molecule has 0 aliphatic carbocycles. The van der Waals surface area contributed by atoms with Crippen molar-refractivity contribution in [2.75, 3.05) is 32.7 Å². The van der Waals surface area contributed by atoms with Crippen LogP contribution in [0.1, 0.15) is 23.7 Å². The Balaban J connectivity index is 1.97. The molecular formula is C14H21FN4O. The molecule has 1 fully saturated rings. The highest BCUT2D eigenvalue weighted by Crippen LogP contribution is 2.13. The van der Waals surface area contributed by atoms with Crippen molar-refractivity contribution in [2.45, 2.75) is 19.4 Å². The van der Waals surface area contributed by atoms with Gasteiger partial charge < -0.3 is 10.6 Å². The van der Waals surface area contributed by atoms with E-state index in [2.05, 4.69) is 16.8 Å². The summed E-state index contributed by atoms with van der Waals surface area (Å²) in [5, 5.41) is 0. The molecule has 20 heavy (non-hydrogen) atoms. The lowest BCUT2D eigenvalue weighted by molar-refractivity contribution is 0.0567. The van der Waals surface area contributed by atoms with Crippen LogP contribution in [0, 0.1) is 5.82 Å². The van der Waals surface area contributed by atoms with E-state index in [1.54, 1.807) is 4.90 Å². The van der Waals surface area contributed by atoms with Gasteiger partial charge in [0.25, 0.3) is 5.91 Å². The van der Waals surface area contributed by atoms with Crippen LogP contribution < -0.4 is 5.73 Å². The second-order valence-corrected chi connectivity index (χ2v) is 4.98. The summed E-state index contributed by atoms with van der Waals surface area (Å²) in [7, 11) is 0. The highest BCUT2D eigenvalue weighted by Gasteiger charge is 2.26. The summed E-state index contributed by atoms with van der Waals surface area (Å²) >= 11 is 0. The summed E-state index contributed by atoms with van der Waals surface area (Å²) in [6.45, 7) is 5.53. The number of halogens is 1. The van der Waals surface area contributed by atoms with Crippen molar-refractivity contribution in [3.63, 3.8) is 0 Å². The van der Waals surface area contributed by atoms with E-state index in [9.17, 15) is 9.18 Å². The Bertz CT molecular complexity index is 456.